The van der Waals surface area contributed by atoms with Crippen LogP contribution in [0.2, 0.25) is 0 Å². The van der Waals surface area contributed by atoms with Gasteiger partial charge in [0.15, 0.2) is 0 Å². The molecule has 4 atom stereocenters. The molecule has 1 amide bonds. The molecular formula is C27H35FN6O3S. The molecule has 5 N–H and O–H groups in total. The van der Waals surface area contributed by atoms with Crippen molar-refractivity contribution in [2.75, 3.05) is 37.4 Å². The van der Waals surface area contributed by atoms with Crippen LogP contribution in [0.25, 0.3) is 10.2 Å². The summed E-state index contributed by atoms with van der Waals surface area (Å²) >= 11 is 1.29. The molecule has 3 aromatic heterocycles. The van der Waals surface area contributed by atoms with Crippen molar-refractivity contribution in [3.8, 4) is 0 Å². The molecule has 5 rings (SSSR count). The summed E-state index contributed by atoms with van der Waals surface area (Å²) in [6.07, 6.45) is 1.35. The zero-order valence-electron chi connectivity index (χ0n) is 22.2. The van der Waals surface area contributed by atoms with Crippen LogP contribution in [-0.4, -0.2) is 67.0 Å². The molecule has 4 heterocycles. The van der Waals surface area contributed by atoms with Gasteiger partial charge in [-0.05, 0) is 51.7 Å². The van der Waals surface area contributed by atoms with Gasteiger partial charge in [-0.15, -0.1) is 11.3 Å². The zero-order chi connectivity index (χ0) is 27.1. The van der Waals surface area contributed by atoms with Gasteiger partial charge < -0.3 is 31.2 Å². The first-order valence-corrected chi connectivity index (χ1v) is 13.8. The number of hydrogen-bond acceptors (Lipinski definition) is 9. The lowest BCUT2D eigenvalue weighted by Gasteiger charge is -2.27. The van der Waals surface area contributed by atoms with E-state index in [-0.39, 0.29) is 36.0 Å². The standard InChI is InChI=1S/C27H35FN6O3S/c1-13-7-14(2)31-27-23(13)24(30)25(38-27)26(35)32-16-5-6-20-17(8-16)18(28)9-22(33-20)34-10-19(29)21(11-34)37-15(3)12-36-4/h7,9,15-16,19,21H,5-6,8,10-12,29-30H2,1-4H3,(H,32,35). The Labute approximate surface area is 225 Å². The maximum absolute atomic E-state index is 15.3. The van der Waals surface area contributed by atoms with Gasteiger partial charge in [0.2, 0.25) is 0 Å². The van der Waals surface area contributed by atoms with E-state index >= 15 is 4.39 Å². The van der Waals surface area contributed by atoms with E-state index in [1.165, 1.54) is 17.4 Å². The first kappa shape index (κ1) is 26.7. The van der Waals surface area contributed by atoms with Crippen LogP contribution in [0.4, 0.5) is 15.9 Å². The highest BCUT2D eigenvalue weighted by atomic mass is 32.1. The third kappa shape index (κ3) is 5.20. The molecule has 0 saturated carbocycles. The first-order chi connectivity index (χ1) is 18.1. The lowest BCUT2D eigenvalue weighted by Crippen LogP contribution is -2.39. The summed E-state index contributed by atoms with van der Waals surface area (Å²) in [5, 5.41) is 3.89. The van der Waals surface area contributed by atoms with E-state index in [4.69, 9.17) is 25.9 Å². The topological polar surface area (TPSA) is 129 Å². The van der Waals surface area contributed by atoms with E-state index in [1.54, 1.807) is 7.11 Å². The lowest BCUT2D eigenvalue weighted by atomic mass is 9.91. The predicted molar refractivity (Wildman–Crippen MR) is 147 cm³/mol. The number of carbonyl (C=O) groups excluding carboxylic acids is 1. The summed E-state index contributed by atoms with van der Waals surface area (Å²) < 4.78 is 26.5. The van der Waals surface area contributed by atoms with E-state index in [0.29, 0.717) is 60.9 Å². The van der Waals surface area contributed by atoms with Crippen molar-refractivity contribution < 1.29 is 18.7 Å². The highest BCUT2D eigenvalue weighted by molar-refractivity contribution is 7.21. The molecule has 0 radical (unpaired) electrons. The summed E-state index contributed by atoms with van der Waals surface area (Å²) in [5.41, 5.74) is 16.3. The van der Waals surface area contributed by atoms with Crippen LogP contribution in [0.15, 0.2) is 12.1 Å². The van der Waals surface area contributed by atoms with Crippen molar-refractivity contribution in [2.24, 2.45) is 5.73 Å². The minimum absolute atomic E-state index is 0.0799. The maximum atomic E-state index is 15.3. The first-order valence-electron chi connectivity index (χ1n) is 12.9. The molecule has 3 aromatic rings. The number of rotatable bonds is 7. The van der Waals surface area contributed by atoms with Gasteiger partial charge in [-0.1, -0.05) is 0 Å². The van der Waals surface area contributed by atoms with Gasteiger partial charge in [-0.2, -0.15) is 0 Å². The van der Waals surface area contributed by atoms with Crippen LogP contribution in [0.5, 0.6) is 0 Å². The van der Waals surface area contributed by atoms with Crippen LogP contribution < -0.4 is 21.7 Å². The number of anilines is 2. The Morgan fingerprint density at radius 3 is 2.87 bits per heavy atom. The maximum Gasteiger partial charge on any atom is 0.263 e. The molecule has 1 aliphatic carbocycles. The molecule has 204 valence electrons. The Balaban J connectivity index is 1.27. The third-order valence-electron chi connectivity index (χ3n) is 7.33. The molecule has 0 spiro atoms. The number of aryl methyl sites for hydroxylation is 3. The van der Waals surface area contributed by atoms with Gasteiger partial charge >= 0.3 is 0 Å². The number of ether oxygens (including phenoxy) is 2. The van der Waals surface area contributed by atoms with E-state index in [2.05, 4.69) is 10.3 Å². The molecule has 4 unspecified atom stereocenters. The van der Waals surface area contributed by atoms with Crippen molar-refractivity contribution in [3.63, 3.8) is 0 Å². The fourth-order valence-electron chi connectivity index (χ4n) is 5.53. The highest BCUT2D eigenvalue weighted by Gasteiger charge is 2.34. The fraction of sp³-hybridized carbons (Fsp3) is 0.519. The number of nitrogens with two attached hydrogens (primary N) is 2. The summed E-state index contributed by atoms with van der Waals surface area (Å²) in [4.78, 5) is 25.6. The number of nitrogens with one attached hydrogen (secondary N) is 1. The Morgan fingerprint density at radius 2 is 2.11 bits per heavy atom. The number of nitrogen functional groups attached to an aromatic ring is 1. The molecule has 0 aromatic carbocycles. The van der Waals surface area contributed by atoms with Crippen LogP contribution in [0, 0.1) is 19.7 Å². The number of fused-ring (bicyclic) bond motifs is 2. The third-order valence-corrected chi connectivity index (χ3v) is 8.43. The molecule has 1 fully saturated rings. The number of halogens is 1. The Kier molecular flexibility index (Phi) is 7.54. The van der Waals surface area contributed by atoms with Crippen LogP contribution in [-0.2, 0) is 22.3 Å². The van der Waals surface area contributed by atoms with E-state index in [9.17, 15) is 4.79 Å². The van der Waals surface area contributed by atoms with Crippen LogP contribution in [0.1, 0.15) is 45.5 Å². The van der Waals surface area contributed by atoms with Gasteiger partial charge in [0.25, 0.3) is 5.91 Å². The monoisotopic (exact) mass is 542 g/mol. The van der Waals surface area contributed by atoms with E-state index in [1.807, 2.05) is 31.7 Å². The number of carbonyl (C=O) groups is 1. The quantitative estimate of drug-likeness (QED) is 0.416. The minimum Gasteiger partial charge on any atom is -0.397 e. The number of pyridine rings is 2. The second-order valence-electron chi connectivity index (χ2n) is 10.4. The molecule has 0 bridgehead atoms. The van der Waals surface area contributed by atoms with E-state index < -0.39 is 0 Å². The summed E-state index contributed by atoms with van der Waals surface area (Å²) in [6, 6.07) is 3.02. The van der Waals surface area contributed by atoms with Gasteiger partial charge in [-0.25, -0.2) is 14.4 Å². The van der Waals surface area contributed by atoms with Crippen LogP contribution >= 0.6 is 11.3 Å². The molecular weight excluding hydrogens is 507 g/mol. The Morgan fingerprint density at radius 1 is 1.32 bits per heavy atom. The number of amides is 1. The number of nitrogens with zero attached hydrogens (tertiary/aromatic N) is 3. The smallest absolute Gasteiger partial charge is 0.263 e. The Bertz CT molecular complexity index is 1360. The SMILES string of the molecule is COCC(C)OC1CN(c2cc(F)c3c(n2)CCC(NC(=O)c2sc4nc(C)cc(C)c4c2N)C3)CC1N. The zero-order valence-corrected chi connectivity index (χ0v) is 23.0. The summed E-state index contributed by atoms with van der Waals surface area (Å²) in [7, 11) is 1.63. The summed E-state index contributed by atoms with van der Waals surface area (Å²) in [6.45, 7) is 7.40. The van der Waals surface area contributed by atoms with Crippen LogP contribution in [0.3, 0.4) is 0 Å². The van der Waals surface area contributed by atoms with Gasteiger partial charge in [0.05, 0.1) is 30.5 Å². The largest absolute Gasteiger partial charge is 0.397 e. The molecule has 1 saturated heterocycles. The van der Waals surface area contributed by atoms with Crippen molar-refractivity contribution in [3.05, 3.63) is 45.3 Å². The average molecular weight is 543 g/mol. The molecule has 38 heavy (non-hydrogen) atoms. The van der Waals surface area contributed by atoms with Gasteiger partial charge in [0.1, 0.15) is 21.3 Å². The van der Waals surface area contributed by atoms with E-state index in [0.717, 1.165) is 27.2 Å². The van der Waals surface area contributed by atoms with Gasteiger partial charge in [0, 0.05) is 54.6 Å². The number of aromatic nitrogens is 2. The van der Waals surface area contributed by atoms with Crippen molar-refractivity contribution in [2.45, 2.75) is 64.3 Å². The second kappa shape index (κ2) is 10.7. The highest BCUT2D eigenvalue weighted by Crippen LogP contribution is 2.35. The molecule has 2 aliphatic rings. The molecule has 1 aliphatic heterocycles. The average Bonchev–Trinajstić information content (AvgIpc) is 3.38. The lowest BCUT2D eigenvalue weighted by molar-refractivity contribution is -0.0348. The normalized spacial score (nSPS) is 22.1. The number of methoxy groups -OCH3 is 1. The van der Waals surface area contributed by atoms with Crippen molar-refractivity contribution in [1.82, 2.24) is 15.3 Å². The summed E-state index contributed by atoms with van der Waals surface area (Å²) in [5.74, 6) is 0.00740. The predicted octanol–water partition coefficient (Wildman–Crippen LogP) is 2.88. The Hall–Kier alpha value is -2.86. The molecule has 9 nitrogen and oxygen atoms in total. The minimum atomic E-state index is -0.314. The second-order valence-corrected chi connectivity index (χ2v) is 11.4. The number of thiophene rings is 1. The van der Waals surface area contributed by atoms with Crippen molar-refractivity contribution >= 4 is 39.0 Å². The number of hydrogen-bond donors (Lipinski definition) is 3. The molecule has 11 heteroatoms. The fourth-order valence-corrected chi connectivity index (χ4v) is 6.65. The van der Waals surface area contributed by atoms with Gasteiger partial charge in [-0.3, -0.25) is 4.79 Å². The van der Waals surface area contributed by atoms with Crippen molar-refractivity contribution in [1.29, 1.82) is 0 Å².